The Hall–Kier alpha value is -3.22. The van der Waals surface area contributed by atoms with Crippen LogP contribution in [0.25, 0.3) is 0 Å². The number of rotatable bonds is 4. The van der Waals surface area contributed by atoms with Crippen LogP contribution < -0.4 is 5.32 Å². The molecule has 1 unspecified atom stereocenters. The number of pyridine rings is 1. The van der Waals surface area contributed by atoms with Crippen molar-refractivity contribution in [3.8, 4) is 0 Å². The van der Waals surface area contributed by atoms with Crippen LogP contribution in [0.1, 0.15) is 22.3 Å². The van der Waals surface area contributed by atoms with E-state index in [1.165, 1.54) is 24.3 Å². The Morgan fingerprint density at radius 1 is 1.22 bits per heavy atom. The monoisotopic (exact) mass is 311 g/mol. The molecule has 1 aliphatic rings. The minimum atomic E-state index is -1.02. The Balaban J connectivity index is 1.61. The average Bonchev–Trinajstić information content (AvgIpc) is 3.06. The molecule has 0 spiro atoms. The van der Waals surface area contributed by atoms with Gasteiger partial charge in [0.25, 0.3) is 5.91 Å². The second-order valence-electron chi connectivity index (χ2n) is 4.95. The number of carboxylic acids is 1. The van der Waals surface area contributed by atoms with Crippen LogP contribution in [0.4, 0.5) is 5.69 Å². The van der Waals surface area contributed by atoms with E-state index >= 15 is 0 Å². The van der Waals surface area contributed by atoms with Crippen molar-refractivity contribution in [1.82, 2.24) is 4.98 Å². The largest absolute Gasteiger partial charge is 0.478 e. The molecule has 1 aromatic carbocycles. The molecule has 0 bridgehead atoms. The average molecular weight is 311 g/mol. The van der Waals surface area contributed by atoms with Gasteiger partial charge in [-0.25, -0.2) is 4.79 Å². The van der Waals surface area contributed by atoms with Gasteiger partial charge in [-0.3, -0.25) is 9.78 Å². The summed E-state index contributed by atoms with van der Waals surface area (Å²) < 4.78 is 0. The Morgan fingerprint density at radius 2 is 2.00 bits per heavy atom. The minimum Gasteiger partial charge on any atom is -0.478 e. The van der Waals surface area contributed by atoms with Crippen LogP contribution in [0.15, 0.2) is 53.9 Å². The van der Waals surface area contributed by atoms with Gasteiger partial charge in [0.15, 0.2) is 0 Å². The third-order valence-electron chi connectivity index (χ3n) is 3.36. The normalized spacial score (nSPS) is 16.3. The van der Waals surface area contributed by atoms with Crippen LogP contribution in [0.5, 0.6) is 0 Å². The molecule has 2 heterocycles. The van der Waals surface area contributed by atoms with Crippen molar-refractivity contribution in [2.24, 2.45) is 5.16 Å². The van der Waals surface area contributed by atoms with E-state index in [-0.39, 0.29) is 11.5 Å². The Kier molecular flexibility index (Phi) is 4.01. The number of anilines is 1. The number of hydrogen-bond acceptors (Lipinski definition) is 5. The molecule has 7 nitrogen and oxygen atoms in total. The van der Waals surface area contributed by atoms with E-state index in [0.717, 1.165) is 5.56 Å². The van der Waals surface area contributed by atoms with Crippen LogP contribution >= 0.6 is 0 Å². The summed E-state index contributed by atoms with van der Waals surface area (Å²) in [4.78, 5) is 32.1. The van der Waals surface area contributed by atoms with Crippen molar-refractivity contribution in [1.29, 1.82) is 0 Å². The fourth-order valence-electron chi connectivity index (χ4n) is 2.14. The number of aromatic carboxylic acids is 1. The zero-order valence-corrected chi connectivity index (χ0v) is 12.0. The van der Waals surface area contributed by atoms with Crippen LogP contribution in [-0.4, -0.2) is 33.8 Å². The molecule has 0 saturated heterocycles. The molecule has 1 amide bonds. The first kappa shape index (κ1) is 14.7. The number of carboxylic acid groups (broad SMARTS) is 1. The maximum Gasteiger partial charge on any atom is 0.335 e. The predicted molar refractivity (Wildman–Crippen MR) is 82.3 cm³/mol. The van der Waals surface area contributed by atoms with Gasteiger partial charge >= 0.3 is 5.97 Å². The molecule has 0 radical (unpaired) electrons. The van der Waals surface area contributed by atoms with E-state index < -0.39 is 12.1 Å². The fourth-order valence-corrected chi connectivity index (χ4v) is 2.14. The highest BCUT2D eigenvalue weighted by atomic mass is 16.6. The van der Waals surface area contributed by atoms with Gasteiger partial charge in [-0.1, -0.05) is 5.16 Å². The summed E-state index contributed by atoms with van der Waals surface area (Å²) in [7, 11) is 0. The molecule has 3 rings (SSSR count). The van der Waals surface area contributed by atoms with Crippen molar-refractivity contribution >= 4 is 23.3 Å². The smallest absolute Gasteiger partial charge is 0.335 e. The van der Waals surface area contributed by atoms with Gasteiger partial charge in [0, 0.05) is 30.1 Å². The fraction of sp³-hybridized carbons (Fsp3) is 0.125. The SMILES string of the molecule is O=C(O)c1ccc(NC(=O)C2CC(c3cccnc3)=NO2)cc1. The third-order valence-corrected chi connectivity index (χ3v) is 3.36. The topological polar surface area (TPSA) is 101 Å². The number of amides is 1. The molecular formula is C16H13N3O4. The Morgan fingerprint density at radius 3 is 2.65 bits per heavy atom. The summed E-state index contributed by atoms with van der Waals surface area (Å²) in [6, 6.07) is 9.53. The van der Waals surface area contributed by atoms with E-state index in [9.17, 15) is 9.59 Å². The van der Waals surface area contributed by atoms with Crippen LogP contribution in [-0.2, 0) is 9.63 Å². The standard InChI is InChI=1S/C16H13N3O4/c20-15(18-12-5-3-10(4-6-12)16(21)22)14-8-13(19-23-14)11-2-1-7-17-9-11/h1-7,9,14H,8H2,(H,18,20)(H,21,22). The highest BCUT2D eigenvalue weighted by molar-refractivity contribution is 6.06. The van der Waals surface area contributed by atoms with Gasteiger partial charge in [-0.15, -0.1) is 0 Å². The van der Waals surface area contributed by atoms with Crippen LogP contribution in [0.3, 0.4) is 0 Å². The second kappa shape index (κ2) is 6.27. The molecule has 1 aliphatic heterocycles. The number of hydrogen-bond donors (Lipinski definition) is 2. The number of nitrogens with one attached hydrogen (secondary N) is 1. The highest BCUT2D eigenvalue weighted by Gasteiger charge is 2.29. The summed E-state index contributed by atoms with van der Waals surface area (Å²) in [5.74, 6) is -1.35. The quantitative estimate of drug-likeness (QED) is 0.898. The molecule has 1 atom stereocenters. The molecular weight excluding hydrogens is 298 g/mol. The zero-order valence-electron chi connectivity index (χ0n) is 12.0. The second-order valence-corrected chi connectivity index (χ2v) is 4.95. The first-order valence-corrected chi connectivity index (χ1v) is 6.91. The number of aromatic nitrogens is 1. The number of oxime groups is 1. The Bertz CT molecular complexity index is 757. The summed E-state index contributed by atoms with van der Waals surface area (Å²) >= 11 is 0. The van der Waals surface area contributed by atoms with Crippen molar-refractivity contribution in [3.63, 3.8) is 0 Å². The van der Waals surface area contributed by atoms with Gasteiger partial charge in [0.05, 0.1) is 11.3 Å². The van der Waals surface area contributed by atoms with Crippen molar-refractivity contribution in [2.45, 2.75) is 12.5 Å². The minimum absolute atomic E-state index is 0.155. The predicted octanol–water partition coefficient (Wildman–Crippen LogP) is 1.91. The molecule has 0 fully saturated rings. The van der Waals surface area contributed by atoms with Gasteiger partial charge in [-0.05, 0) is 36.4 Å². The molecule has 116 valence electrons. The van der Waals surface area contributed by atoms with Gasteiger partial charge in [-0.2, -0.15) is 0 Å². The number of carbonyl (C=O) groups excluding carboxylic acids is 1. The zero-order chi connectivity index (χ0) is 16.2. The maximum atomic E-state index is 12.2. The summed E-state index contributed by atoms with van der Waals surface area (Å²) in [6.45, 7) is 0. The van der Waals surface area contributed by atoms with Crippen molar-refractivity contribution in [2.75, 3.05) is 5.32 Å². The summed E-state index contributed by atoms with van der Waals surface area (Å²) in [6.07, 6.45) is 2.95. The first-order valence-electron chi connectivity index (χ1n) is 6.91. The number of carbonyl (C=O) groups is 2. The lowest BCUT2D eigenvalue weighted by Crippen LogP contribution is -2.28. The summed E-state index contributed by atoms with van der Waals surface area (Å²) in [5.41, 5.74) is 2.13. The van der Waals surface area contributed by atoms with E-state index in [4.69, 9.17) is 9.94 Å². The first-order chi connectivity index (χ1) is 11.1. The molecule has 1 aromatic heterocycles. The maximum absolute atomic E-state index is 12.2. The van der Waals surface area contributed by atoms with Crippen molar-refractivity contribution in [3.05, 3.63) is 59.9 Å². The van der Waals surface area contributed by atoms with Gasteiger partial charge < -0.3 is 15.3 Å². The molecule has 0 saturated carbocycles. The molecule has 7 heteroatoms. The molecule has 0 aliphatic carbocycles. The van der Waals surface area contributed by atoms with Gasteiger partial charge in [0.1, 0.15) is 0 Å². The molecule has 2 aromatic rings. The third kappa shape index (κ3) is 3.34. The summed E-state index contributed by atoms with van der Waals surface area (Å²) in [5, 5.41) is 15.4. The highest BCUT2D eigenvalue weighted by Crippen LogP contribution is 2.18. The molecule has 23 heavy (non-hydrogen) atoms. The lowest BCUT2D eigenvalue weighted by atomic mass is 10.1. The van der Waals surface area contributed by atoms with E-state index in [1.54, 1.807) is 18.5 Å². The van der Waals surface area contributed by atoms with E-state index in [0.29, 0.717) is 17.8 Å². The van der Waals surface area contributed by atoms with Crippen LogP contribution in [0.2, 0.25) is 0 Å². The molecule has 2 N–H and O–H groups in total. The number of nitrogens with zero attached hydrogens (tertiary/aromatic N) is 2. The van der Waals surface area contributed by atoms with Crippen LogP contribution in [0, 0.1) is 0 Å². The van der Waals surface area contributed by atoms with E-state index in [2.05, 4.69) is 15.5 Å². The lowest BCUT2D eigenvalue weighted by molar-refractivity contribution is -0.125. The van der Waals surface area contributed by atoms with Crippen molar-refractivity contribution < 1.29 is 19.5 Å². The number of benzene rings is 1. The Labute approximate surface area is 131 Å². The lowest BCUT2D eigenvalue weighted by Gasteiger charge is -2.09. The van der Waals surface area contributed by atoms with Gasteiger partial charge in [0.2, 0.25) is 6.10 Å². The van der Waals surface area contributed by atoms with E-state index in [1.807, 2.05) is 6.07 Å².